The van der Waals surface area contributed by atoms with Gasteiger partial charge in [-0.15, -0.1) is 16.4 Å². The van der Waals surface area contributed by atoms with Crippen LogP contribution in [0, 0.1) is 5.92 Å². The van der Waals surface area contributed by atoms with Crippen LogP contribution in [0.1, 0.15) is 41.1 Å². The molecular formula is C19H25N6O2S+. The van der Waals surface area contributed by atoms with Crippen LogP contribution in [0.5, 0.6) is 0 Å². The van der Waals surface area contributed by atoms with Crippen molar-refractivity contribution in [3.63, 3.8) is 0 Å². The summed E-state index contributed by atoms with van der Waals surface area (Å²) in [5.74, 6) is 1.68. The highest BCUT2D eigenvalue weighted by Crippen LogP contribution is 2.19. The first-order chi connectivity index (χ1) is 13.6. The Bertz CT molecular complexity index is 882. The molecule has 8 nitrogen and oxygen atoms in total. The molecule has 0 spiro atoms. The highest BCUT2D eigenvalue weighted by molar-refractivity contribution is 7.09. The number of furan rings is 1. The number of carbonyl (C=O) groups excluding carboxylic acids is 1. The van der Waals surface area contributed by atoms with E-state index in [0.29, 0.717) is 31.3 Å². The first-order valence-corrected chi connectivity index (χ1v) is 10.5. The molecule has 0 bridgehead atoms. The number of quaternary nitrogens is 1. The van der Waals surface area contributed by atoms with Crippen molar-refractivity contribution in [2.24, 2.45) is 5.92 Å². The largest absolute Gasteiger partial charge is 0.459 e. The fraction of sp³-hybridized carbons (Fsp3) is 0.474. The second-order valence-electron chi connectivity index (χ2n) is 7.42. The Hall–Kier alpha value is -2.52. The van der Waals surface area contributed by atoms with Crippen LogP contribution in [0.3, 0.4) is 0 Å². The molecule has 0 radical (unpaired) electrons. The molecule has 1 aliphatic heterocycles. The maximum absolute atomic E-state index is 12.5. The minimum absolute atomic E-state index is 0.0346. The summed E-state index contributed by atoms with van der Waals surface area (Å²) in [5.41, 5.74) is 0. The van der Waals surface area contributed by atoms with Gasteiger partial charge in [-0.25, -0.2) is 4.68 Å². The van der Waals surface area contributed by atoms with E-state index in [4.69, 9.17) is 4.42 Å². The van der Waals surface area contributed by atoms with Gasteiger partial charge in [0.25, 0.3) is 5.91 Å². The molecule has 9 heteroatoms. The van der Waals surface area contributed by atoms with Gasteiger partial charge in [0.05, 0.1) is 39.0 Å². The lowest BCUT2D eigenvalue weighted by Crippen LogP contribution is -3.15. The normalized spacial score (nSPS) is 16.6. The Morgan fingerprint density at radius 2 is 2.11 bits per heavy atom. The van der Waals surface area contributed by atoms with Gasteiger partial charge in [0.2, 0.25) is 5.82 Å². The summed E-state index contributed by atoms with van der Waals surface area (Å²) < 4.78 is 7.18. The molecule has 4 rings (SSSR count). The third kappa shape index (κ3) is 3.85. The number of thiophene rings is 1. The number of hydrogen-bond acceptors (Lipinski definition) is 6. The molecule has 1 N–H and O–H groups in total. The Balaban J connectivity index is 1.46. The van der Waals surface area contributed by atoms with E-state index < -0.39 is 0 Å². The first-order valence-electron chi connectivity index (χ1n) is 9.59. The van der Waals surface area contributed by atoms with Crippen molar-refractivity contribution in [1.82, 2.24) is 25.1 Å². The van der Waals surface area contributed by atoms with E-state index in [-0.39, 0.29) is 11.9 Å². The predicted molar refractivity (Wildman–Crippen MR) is 104 cm³/mol. The smallest absolute Gasteiger partial charge is 0.289 e. The van der Waals surface area contributed by atoms with E-state index in [1.54, 1.807) is 23.5 Å². The second-order valence-corrected chi connectivity index (χ2v) is 8.46. The quantitative estimate of drug-likeness (QED) is 0.669. The van der Waals surface area contributed by atoms with E-state index >= 15 is 0 Å². The van der Waals surface area contributed by atoms with Crippen LogP contribution in [0.15, 0.2) is 40.3 Å². The number of nitrogens with zero attached hydrogens (tertiary/aromatic N) is 5. The Labute approximate surface area is 167 Å². The molecule has 3 aromatic heterocycles. The monoisotopic (exact) mass is 401 g/mol. The lowest BCUT2D eigenvalue weighted by molar-refractivity contribution is -0.940. The zero-order valence-corrected chi connectivity index (χ0v) is 16.9. The molecule has 1 amide bonds. The molecule has 0 saturated carbocycles. The van der Waals surface area contributed by atoms with E-state index in [2.05, 4.69) is 40.8 Å². The molecule has 1 atom stereocenters. The van der Waals surface area contributed by atoms with Crippen LogP contribution in [0.4, 0.5) is 0 Å². The maximum Gasteiger partial charge on any atom is 0.289 e. The van der Waals surface area contributed by atoms with E-state index in [0.717, 1.165) is 18.9 Å². The number of tetrazole rings is 1. The van der Waals surface area contributed by atoms with Crippen molar-refractivity contribution in [2.45, 2.75) is 26.4 Å². The van der Waals surface area contributed by atoms with Crippen LogP contribution in [-0.2, 0) is 6.54 Å². The number of aromatic nitrogens is 4. The highest BCUT2D eigenvalue weighted by Gasteiger charge is 2.36. The van der Waals surface area contributed by atoms with E-state index in [9.17, 15) is 4.79 Å². The molecule has 1 fully saturated rings. The molecule has 0 aliphatic carbocycles. The number of carbonyl (C=O) groups is 1. The van der Waals surface area contributed by atoms with Gasteiger partial charge in [0.1, 0.15) is 0 Å². The van der Waals surface area contributed by atoms with Gasteiger partial charge in [-0.2, -0.15) is 0 Å². The first kappa shape index (κ1) is 18.8. The molecule has 0 aromatic carbocycles. The number of nitrogens with one attached hydrogen (secondary N) is 1. The third-order valence-corrected chi connectivity index (χ3v) is 6.12. The van der Waals surface area contributed by atoms with Crippen molar-refractivity contribution in [2.75, 3.05) is 26.2 Å². The van der Waals surface area contributed by atoms with Crippen LogP contribution < -0.4 is 4.90 Å². The summed E-state index contributed by atoms with van der Waals surface area (Å²) >= 11 is 1.71. The molecule has 28 heavy (non-hydrogen) atoms. The number of rotatable bonds is 6. The number of amides is 1. The van der Waals surface area contributed by atoms with Gasteiger partial charge >= 0.3 is 0 Å². The van der Waals surface area contributed by atoms with E-state index in [1.807, 2.05) is 15.6 Å². The van der Waals surface area contributed by atoms with Crippen LogP contribution in [0.25, 0.3) is 0 Å². The summed E-state index contributed by atoms with van der Waals surface area (Å²) in [5, 5.41) is 14.6. The standard InChI is InChI=1S/C19H24N6O2S/c1-14(2)17(18-20-21-22-25(18)13-15-5-4-12-28-15)23-7-9-24(10-8-23)19(26)16-6-3-11-27-16/h3-6,11-12,14,17H,7-10,13H2,1-2H3/p+1/t17-/m1/s1. The fourth-order valence-corrected chi connectivity index (χ4v) is 4.60. The van der Waals surface area contributed by atoms with Gasteiger partial charge in [-0.3, -0.25) is 4.79 Å². The van der Waals surface area contributed by atoms with Gasteiger partial charge in [0, 0.05) is 10.8 Å². The maximum atomic E-state index is 12.5. The molecule has 148 valence electrons. The molecular weight excluding hydrogens is 376 g/mol. The Kier molecular flexibility index (Phi) is 5.54. The van der Waals surface area contributed by atoms with Gasteiger partial charge < -0.3 is 14.2 Å². The third-order valence-electron chi connectivity index (χ3n) is 5.25. The van der Waals surface area contributed by atoms with Gasteiger partial charge in [-0.1, -0.05) is 19.9 Å². The van der Waals surface area contributed by atoms with Crippen LogP contribution in [0.2, 0.25) is 0 Å². The minimum Gasteiger partial charge on any atom is -0.459 e. The van der Waals surface area contributed by atoms with Crippen molar-refractivity contribution < 1.29 is 14.1 Å². The average Bonchev–Trinajstić information content (AvgIpc) is 3.46. The fourth-order valence-electron chi connectivity index (χ4n) is 3.91. The average molecular weight is 402 g/mol. The number of piperazine rings is 1. The van der Waals surface area contributed by atoms with Crippen molar-refractivity contribution in [3.8, 4) is 0 Å². The summed E-state index contributed by atoms with van der Waals surface area (Å²) in [6, 6.07) is 7.81. The van der Waals surface area contributed by atoms with Crippen molar-refractivity contribution >= 4 is 17.2 Å². The molecule has 4 heterocycles. The zero-order chi connectivity index (χ0) is 19.5. The summed E-state index contributed by atoms with van der Waals surface area (Å²) in [6.45, 7) is 8.24. The number of hydrogen-bond donors (Lipinski definition) is 1. The molecule has 3 aromatic rings. The van der Waals surface area contributed by atoms with Crippen molar-refractivity contribution in [3.05, 3.63) is 52.4 Å². The lowest BCUT2D eigenvalue weighted by Gasteiger charge is -2.37. The summed E-state index contributed by atoms with van der Waals surface area (Å²) in [7, 11) is 0. The summed E-state index contributed by atoms with van der Waals surface area (Å²) in [6.07, 6.45) is 1.54. The summed E-state index contributed by atoms with van der Waals surface area (Å²) in [4.78, 5) is 17.0. The predicted octanol–water partition coefficient (Wildman–Crippen LogP) is 1.11. The molecule has 0 unspecified atom stereocenters. The van der Waals surface area contributed by atoms with Crippen molar-refractivity contribution in [1.29, 1.82) is 0 Å². The molecule has 1 aliphatic rings. The van der Waals surface area contributed by atoms with Gasteiger partial charge in [0.15, 0.2) is 11.8 Å². The Morgan fingerprint density at radius 1 is 1.29 bits per heavy atom. The SMILES string of the molecule is CC(C)[C@H](c1nnnn1Cc1cccs1)[NH+]1CCN(C(=O)c2ccco2)CC1. The Morgan fingerprint density at radius 3 is 2.75 bits per heavy atom. The second kappa shape index (κ2) is 8.24. The van der Waals surface area contributed by atoms with Gasteiger partial charge in [-0.05, 0) is 34.0 Å². The van der Waals surface area contributed by atoms with Crippen LogP contribution in [-0.4, -0.2) is 57.2 Å². The zero-order valence-electron chi connectivity index (χ0n) is 16.1. The topological polar surface area (TPSA) is 81.5 Å². The minimum atomic E-state index is -0.0346. The van der Waals surface area contributed by atoms with E-state index in [1.165, 1.54) is 16.0 Å². The lowest BCUT2D eigenvalue weighted by atomic mass is 10.0. The van der Waals surface area contributed by atoms with Crippen LogP contribution >= 0.6 is 11.3 Å². The molecule has 1 saturated heterocycles. The highest BCUT2D eigenvalue weighted by atomic mass is 32.1.